The average molecular weight is 283 g/mol. The van der Waals surface area contributed by atoms with E-state index in [0.29, 0.717) is 0 Å². The van der Waals surface area contributed by atoms with Gasteiger partial charge in [0.05, 0.1) is 0 Å². The summed E-state index contributed by atoms with van der Waals surface area (Å²) in [5.74, 6) is 0. The smallest absolute Gasteiger partial charge is 0.414 e. The Morgan fingerprint density at radius 2 is 1.43 bits per heavy atom. The first-order valence-electron chi connectivity index (χ1n) is 6.99. The molecule has 0 aliphatic heterocycles. The predicted molar refractivity (Wildman–Crippen MR) is 86.5 cm³/mol. The molecule has 0 fully saturated rings. The van der Waals surface area contributed by atoms with Crippen LogP contribution in [0.25, 0.3) is 11.1 Å². The van der Waals surface area contributed by atoms with Gasteiger partial charge < -0.3 is 4.74 Å². The highest BCUT2D eigenvalue weighted by Gasteiger charge is 2.20. The first kappa shape index (κ1) is 15.1. The fourth-order valence-corrected chi connectivity index (χ4v) is 1.94. The summed E-state index contributed by atoms with van der Waals surface area (Å²) in [4.78, 5) is 13.5. The molecule has 2 rings (SSSR count). The molecule has 2 aromatic carbocycles. The highest BCUT2D eigenvalue weighted by Crippen LogP contribution is 2.23. The van der Waals surface area contributed by atoms with Gasteiger partial charge in [-0.05, 0) is 44.0 Å². The molecule has 1 amide bonds. The van der Waals surface area contributed by atoms with Crippen LogP contribution < -0.4 is 4.90 Å². The van der Waals surface area contributed by atoms with Crippen LogP contribution in [0.15, 0.2) is 54.6 Å². The second kappa shape index (κ2) is 6.00. The van der Waals surface area contributed by atoms with E-state index in [4.69, 9.17) is 4.74 Å². The monoisotopic (exact) mass is 283 g/mol. The van der Waals surface area contributed by atoms with Crippen LogP contribution in [0.5, 0.6) is 0 Å². The predicted octanol–water partition coefficient (Wildman–Crippen LogP) is 4.72. The van der Waals surface area contributed by atoms with Crippen molar-refractivity contribution >= 4 is 11.8 Å². The van der Waals surface area contributed by atoms with Crippen molar-refractivity contribution in [1.82, 2.24) is 0 Å². The second-order valence-corrected chi connectivity index (χ2v) is 5.95. The minimum absolute atomic E-state index is 0.352. The van der Waals surface area contributed by atoms with Crippen LogP contribution in [0, 0.1) is 0 Å². The van der Waals surface area contributed by atoms with Gasteiger partial charge in [-0.15, -0.1) is 0 Å². The summed E-state index contributed by atoms with van der Waals surface area (Å²) in [6, 6.07) is 18.0. The SMILES string of the molecule is CN(C(=O)OC(C)(C)C)c1ccc(-c2ccccc2)cc1. The van der Waals surface area contributed by atoms with Crippen molar-refractivity contribution in [3.63, 3.8) is 0 Å². The lowest BCUT2D eigenvalue weighted by Crippen LogP contribution is -2.34. The Bertz CT molecular complexity index is 597. The Balaban J connectivity index is 2.14. The normalized spacial score (nSPS) is 11.0. The van der Waals surface area contributed by atoms with Crippen LogP contribution in [-0.4, -0.2) is 18.7 Å². The maximum atomic E-state index is 12.0. The van der Waals surface area contributed by atoms with Gasteiger partial charge in [0.15, 0.2) is 0 Å². The topological polar surface area (TPSA) is 29.5 Å². The van der Waals surface area contributed by atoms with E-state index in [1.807, 2.05) is 63.2 Å². The largest absolute Gasteiger partial charge is 0.443 e. The van der Waals surface area contributed by atoms with Crippen molar-refractivity contribution in [3.8, 4) is 11.1 Å². The number of ether oxygens (including phenoxy) is 1. The third kappa shape index (κ3) is 4.09. The molecule has 0 heterocycles. The minimum atomic E-state index is -0.491. The Morgan fingerprint density at radius 3 is 1.95 bits per heavy atom. The number of amides is 1. The third-order valence-electron chi connectivity index (χ3n) is 3.03. The first-order chi connectivity index (χ1) is 9.87. The summed E-state index contributed by atoms with van der Waals surface area (Å²) in [7, 11) is 1.71. The van der Waals surface area contributed by atoms with E-state index in [1.165, 1.54) is 4.90 Å². The second-order valence-electron chi connectivity index (χ2n) is 5.95. The Morgan fingerprint density at radius 1 is 0.905 bits per heavy atom. The molecule has 2 aromatic rings. The number of rotatable bonds is 2. The standard InChI is InChI=1S/C18H21NO2/c1-18(2,3)21-17(20)19(4)16-12-10-15(11-13-16)14-8-6-5-7-9-14/h5-13H,1-4H3. The summed E-state index contributed by atoms with van der Waals surface area (Å²) in [6.07, 6.45) is -0.352. The van der Waals surface area contributed by atoms with Gasteiger partial charge in [-0.25, -0.2) is 4.79 Å². The summed E-state index contributed by atoms with van der Waals surface area (Å²) < 4.78 is 5.36. The molecule has 0 spiro atoms. The summed E-state index contributed by atoms with van der Waals surface area (Å²) in [5.41, 5.74) is 2.60. The van der Waals surface area contributed by atoms with Crippen LogP contribution in [0.2, 0.25) is 0 Å². The molecule has 0 saturated heterocycles. The van der Waals surface area contributed by atoms with Gasteiger partial charge in [0.25, 0.3) is 0 Å². The van der Waals surface area contributed by atoms with Crippen molar-refractivity contribution in [3.05, 3.63) is 54.6 Å². The van der Waals surface area contributed by atoms with E-state index < -0.39 is 5.60 Å². The van der Waals surface area contributed by atoms with Crippen LogP contribution in [0.1, 0.15) is 20.8 Å². The van der Waals surface area contributed by atoms with Gasteiger partial charge >= 0.3 is 6.09 Å². The van der Waals surface area contributed by atoms with Gasteiger partial charge in [-0.2, -0.15) is 0 Å². The maximum Gasteiger partial charge on any atom is 0.414 e. The maximum absolute atomic E-state index is 12.0. The number of benzene rings is 2. The number of nitrogens with zero attached hydrogens (tertiary/aromatic N) is 1. The molecule has 0 aliphatic rings. The number of hydrogen-bond acceptors (Lipinski definition) is 2. The van der Waals surface area contributed by atoms with Crippen molar-refractivity contribution in [2.24, 2.45) is 0 Å². The van der Waals surface area contributed by atoms with E-state index in [0.717, 1.165) is 16.8 Å². The molecular weight excluding hydrogens is 262 g/mol. The third-order valence-corrected chi connectivity index (χ3v) is 3.03. The molecule has 0 aromatic heterocycles. The van der Waals surface area contributed by atoms with E-state index >= 15 is 0 Å². The quantitative estimate of drug-likeness (QED) is 0.797. The molecule has 0 bridgehead atoms. The minimum Gasteiger partial charge on any atom is -0.443 e. The van der Waals surface area contributed by atoms with Gasteiger partial charge in [-0.1, -0.05) is 42.5 Å². The van der Waals surface area contributed by atoms with Crippen molar-refractivity contribution < 1.29 is 9.53 Å². The highest BCUT2D eigenvalue weighted by molar-refractivity contribution is 5.87. The number of hydrogen-bond donors (Lipinski definition) is 0. The van der Waals surface area contributed by atoms with Crippen LogP contribution in [0.4, 0.5) is 10.5 Å². The fourth-order valence-electron chi connectivity index (χ4n) is 1.94. The first-order valence-corrected chi connectivity index (χ1v) is 6.99. The molecule has 0 unspecified atom stereocenters. The van der Waals surface area contributed by atoms with Crippen LogP contribution in [0.3, 0.4) is 0 Å². The molecular formula is C18H21NO2. The van der Waals surface area contributed by atoms with Crippen molar-refractivity contribution in [2.45, 2.75) is 26.4 Å². The van der Waals surface area contributed by atoms with E-state index in [9.17, 15) is 4.79 Å². The lowest BCUT2D eigenvalue weighted by molar-refractivity contribution is 0.0589. The van der Waals surface area contributed by atoms with E-state index in [1.54, 1.807) is 7.05 Å². The molecule has 0 saturated carbocycles. The molecule has 0 atom stereocenters. The zero-order chi connectivity index (χ0) is 15.5. The van der Waals surface area contributed by atoms with Crippen molar-refractivity contribution in [2.75, 3.05) is 11.9 Å². The molecule has 21 heavy (non-hydrogen) atoms. The summed E-state index contributed by atoms with van der Waals surface area (Å²) in [5, 5.41) is 0. The Hall–Kier alpha value is -2.29. The van der Waals surface area contributed by atoms with Crippen LogP contribution in [-0.2, 0) is 4.74 Å². The molecule has 3 heteroatoms. The lowest BCUT2D eigenvalue weighted by atomic mass is 10.1. The van der Waals surface area contributed by atoms with Crippen molar-refractivity contribution in [1.29, 1.82) is 0 Å². The number of carbonyl (C=O) groups excluding carboxylic acids is 1. The molecule has 0 radical (unpaired) electrons. The summed E-state index contributed by atoms with van der Waals surface area (Å²) in [6.45, 7) is 5.58. The lowest BCUT2D eigenvalue weighted by Gasteiger charge is -2.24. The summed E-state index contributed by atoms with van der Waals surface area (Å²) >= 11 is 0. The zero-order valence-corrected chi connectivity index (χ0v) is 13.0. The number of anilines is 1. The molecule has 0 aliphatic carbocycles. The number of carbonyl (C=O) groups is 1. The van der Waals surface area contributed by atoms with Gasteiger partial charge in [0.2, 0.25) is 0 Å². The highest BCUT2D eigenvalue weighted by atomic mass is 16.6. The van der Waals surface area contributed by atoms with E-state index in [2.05, 4.69) is 12.1 Å². The zero-order valence-electron chi connectivity index (χ0n) is 13.0. The Labute approximate surface area is 126 Å². The van der Waals surface area contributed by atoms with Gasteiger partial charge in [-0.3, -0.25) is 4.90 Å². The van der Waals surface area contributed by atoms with E-state index in [-0.39, 0.29) is 6.09 Å². The Kier molecular flexibility index (Phi) is 4.32. The van der Waals surface area contributed by atoms with Crippen LogP contribution >= 0.6 is 0 Å². The molecule has 3 nitrogen and oxygen atoms in total. The molecule has 110 valence electrons. The van der Waals surface area contributed by atoms with Gasteiger partial charge in [0.1, 0.15) is 5.60 Å². The fraction of sp³-hybridized carbons (Fsp3) is 0.278. The molecule has 0 N–H and O–H groups in total. The van der Waals surface area contributed by atoms with Gasteiger partial charge in [0, 0.05) is 12.7 Å². The average Bonchev–Trinajstić information content (AvgIpc) is 2.46.